The zero-order chi connectivity index (χ0) is 19.8. The molecule has 0 unspecified atom stereocenters. The second kappa shape index (κ2) is 7.81. The molecule has 5 nitrogen and oxygen atoms in total. The van der Waals surface area contributed by atoms with E-state index in [-0.39, 0.29) is 4.90 Å². The number of halogens is 1. The van der Waals surface area contributed by atoms with E-state index in [0.29, 0.717) is 36.4 Å². The fourth-order valence-electron chi connectivity index (χ4n) is 3.81. The Morgan fingerprint density at radius 1 is 0.963 bits per heavy atom. The fraction of sp³-hybridized carbons (Fsp3) is 0.400. The van der Waals surface area contributed by atoms with Gasteiger partial charge in [-0.15, -0.1) is 0 Å². The first kappa shape index (κ1) is 20.2. The predicted octanol–water partition coefficient (Wildman–Crippen LogP) is 3.89. The van der Waals surface area contributed by atoms with Gasteiger partial charge in [-0.3, -0.25) is 0 Å². The largest absolute Gasteiger partial charge is 0.495 e. The van der Waals surface area contributed by atoms with E-state index in [0.717, 1.165) is 0 Å². The molecular formula is C20H25BrN2O3S. The third-order valence-corrected chi connectivity index (χ3v) is 7.35. The van der Waals surface area contributed by atoms with Crippen molar-refractivity contribution in [3.63, 3.8) is 0 Å². The summed E-state index contributed by atoms with van der Waals surface area (Å²) in [5.74, 6) is 0.367. The molecule has 3 rings (SSSR count). The van der Waals surface area contributed by atoms with Crippen molar-refractivity contribution in [2.24, 2.45) is 0 Å². The van der Waals surface area contributed by atoms with Gasteiger partial charge in [0.15, 0.2) is 0 Å². The minimum atomic E-state index is -3.61. The van der Waals surface area contributed by atoms with Crippen LogP contribution < -0.4 is 9.64 Å². The van der Waals surface area contributed by atoms with E-state index in [1.807, 2.05) is 0 Å². The number of hydrogen-bond donors (Lipinski definition) is 0. The Morgan fingerprint density at radius 3 is 2.11 bits per heavy atom. The smallest absolute Gasteiger partial charge is 0.246 e. The summed E-state index contributed by atoms with van der Waals surface area (Å²) >= 11 is 3.36. The number of sulfonamides is 1. The van der Waals surface area contributed by atoms with Crippen molar-refractivity contribution in [3.8, 4) is 5.75 Å². The molecule has 1 aliphatic heterocycles. The van der Waals surface area contributed by atoms with Crippen LogP contribution in [0.5, 0.6) is 5.75 Å². The maximum Gasteiger partial charge on any atom is 0.246 e. The standard InChI is InChI=1S/C20H25BrN2O3S/c1-14-11-15(2)20(16(3)12-14)22-7-9-23(10-8-22)27(24,25)19-13-17(21)5-6-18(19)26-4/h5-6,11-13H,7-10H2,1-4H3. The molecule has 1 aliphatic rings. The molecule has 0 aliphatic carbocycles. The van der Waals surface area contributed by atoms with Crippen LogP contribution in [0.1, 0.15) is 16.7 Å². The van der Waals surface area contributed by atoms with Crippen molar-refractivity contribution in [2.45, 2.75) is 25.7 Å². The van der Waals surface area contributed by atoms with Crippen molar-refractivity contribution >= 4 is 31.6 Å². The lowest BCUT2D eigenvalue weighted by Gasteiger charge is -2.37. The summed E-state index contributed by atoms with van der Waals surface area (Å²) in [6.45, 7) is 8.56. The normalized spacial score (nSPS) is 15.8. The number of ether oxygens (including phenoxy) is 1. The first-order chi connectivity index (χ1) is 12.7. The maximum atomic E-state index is 13.1. The number of rotatable bonds is 4. The highest BCUT2D eigenvalue weighted by Gasteiger charge is 2.31. The van der Waals surface area contributed by atoms with Gasteiger partial charge in [-0.25, -0.2) is 8.42 Å². The van der Waals surface area contributed by atoms with Crippen LogP contribution >= 0.6 is 15.9 Å². The minimum Gasteiger partial charge on any atom is -0.495 e. The molecule has 2 aromatic rings. The quantitative estimate of drug-likeness (QED) is 0.705. The van der Waals surface area contributed by atoms with Gasteiger partial charge in [0.2, 0.25) is 10.0 Å². The van der Waals surface area contributed by atoms with Crippen molar-refractivity contribution in [1.82, 2.24) is 4.31 Å². The highest BCUT2D eigenvalue weighted by Crippen LogP contribution is 2.32. The van der Waals surface area contributed by atoms with Crippen LogP contribution in [0.3, 0.4) is 0 Å². The van der Waals surface area contributed by atoms with Crippen LogP contribution in [0.15, 0.2) is 39.7 Å². The van der Waals surface area contributed by atoms with Gasteiger partial charge in [0.05, 0.1) is 7.11 Å². The van der Waals surface area contributed by atoms with Gasteiger partial charge in [-0.1, -0.05) is 33.6 Å². The number of anilines is 1. The molecule has 0 amide bonds. The Morgan fingerprint density at radius 2 is 1.56 bits per heavy atom. The molecule has 0 spiro atoms. The van der Waals surface area contributed by atoms with Gasteiger partial charge < -0.3 is 9.64 Å². The first-order valence-electron chi connectivity index (χ1n) is 8.90. The molecule has 7 heteroatoms. The number of aryl methyl sites for hydroxylation is 3. The van der Waals surface area contributed by atoms with Crippen LogP contribution in [0.2, 0.25) is 0 Å². The second-order valence-corrected chi connectivity index (χ2v) is 9.76. The van der Waals surface area contributed by atoms with Gasteiger partial charge >= 0.3 is 0 Å². The van der Waals surface area contributed by atoms with Gasteiger partial charge in [-0.05, 0) is 50.1 Å². The molecule has 1 saturated heterocycles. The van der Waals surface area contributed by atoms with Crippen LogP contribution in [-0.4, -0.2) is 46.0 Å². The molecule has 2 aromatic carbocycles. The van der Waals surface area contributed by atoms with Gasteiger partial charge in [0.25, 0.3) is 0 Å². The Balaban J connectivity index is 1.83. The number of methoxy groups -OCH3 is 1. The molecule has 0 saturated carbocycles. The average molecular weight is 453 g/mol. The van der Waals surface area contributed by atoms with Crippen LogP contribution in [0.4, 0.5) is 5.69 Å². The maximum absolute atomic E-state index is 13.1. The lowest BCUT2D eigenvalue weighted by atomic mass is 10.0. The van der Waals surface area contributed by atoms with Crippen molar-refractivity contribution in [3.05, 3.63) is 51.5 Å². The molecular weight excluding hydrogens is 428 g/mol. The van der Waals surface area contributed by atoms with E-state index in [1.54, 1.807) is 22.5 Å². The Labute approximate surface area is 170 Å². The van der Waals surface area contributed by atoms with Gasteiger partial charge in [-0.2, -0.15) is 4.31 Å². The summed E-state index contributed by atoms with van der Waals surface area (Å²) in [6.07, 6.45) is 0. The Bertz CT molecular complexity index is 929. The molecule has 0 N–H and O–H groups in total. The third kappa shape index (κ3) is 4.00. The first-order valence-corrected chi connectivity index (χ1v) is 11.1. The average Bonchev–Trinajstić information content (AvgIpc) is 2.61. The zero-order valence-corrected chi connectivity index (χ0v) is 18.5. The fourth-order valence-corrected chi connectivity index (χ4v) is 5.93. The van der Waals surface area contributed by atoms with E-state index in [4.69, 9.17) is 4.74 Å². The number of hydrogen-bond acceptors (Lipinski definition) is 4. The van der Waals surface area contributed by atoms with Crippen LogP contribution in [0.25, 0.3) is 0 Å². The molecule has 1 heterocycles. The molecule has 0 radical (unpaired) electrons. The SMILES string of the molecule is COc1ccc(Br)cc1S(=O)(=O)N1CCN(c2c(C)cc(C)cc2C)CC1. The van der Waals surface area contributed by atoms with Crippen molar-refractivity contribution in [2.75, 3.05) is 38.2 Å². The molecule has 27 heavy (non-hydrogen) atoms. The van der Waals surface area contributed by atoms with E-state index < -0.39 is 10.0 Å². The van der Waals surface area contributed by atoms with E-state index >= 15 is 0 Å². The molecule has 1 fully saturated rings. The lowest BCUT2D eigenvalue weighted by molar-refractivity contribution is 0.374. The second-order valence-electron chi connectivity index (χ2n) is 6.93. The summed E-state index contributed by atoms with van der Waals surface area (Å²) in [4.78, 5) is 2.49. The van der Waals surface area contributed by atoms with Crippen molar-refractivity contribution < 1.29 is 13.2 Å². The summed E-state index contributed by atoms with van der Waals surface area (Å²) < 4.78 is 33.8. The highest BCUT2D eigenvalue weighted by molar-refractivity contribution is 9.10. The summed E-state index contributed by atoms with van der Waals surface area (Å²) in [7, 11) is -2.12. The number of piperazine rings is 1. The molecule has 0 bridgehead atoms. The highest BCUT2D eigenvalue weighted by atomic mass is 79.9. The van der Waals surface area contributed by atoms with Crippen molar-refractivity contribution in [1.29, 1.82) is 0 Å². The molecule has 0 atom stereocenters. The van der Waals surface area contributed by atoms with Gasteiger partial charge in [0.1, 0.15) is 10.6 Å². The topological polar surface area (TPSA) is 49.9 Å². The van der Waals surface area contributed by atoms with Crippen LogP contribution in [0, 0.1) is 20.8 Å². The summed E-state index contributed by atoms with van der Waals surface area (Å²) in [6, 6.07) is 9.41. The third-order valence-electron chi connectivity index (χ3n) is 4.93. The Hall–Kier alpha value is -1.57. The minimum absolute atomic E-state index is 0.204. The zero-order valence-electron chi connectivity index (χ0n) is 16.1. The number of nitrogens with zero attached hydrogens (tertiary/aromatic N) is 2. The van der Waals surface area contributed by atoms with Crippen LogP contribution in [-0.2, 0) is 10.0 Å². The molecule has 146 valence electrons. The van der Waals surface area contributed by atoms with E-state index in [9.17, 15) is 8.42 Å². The monoisotopic (exact) mass is 452 g/mol. The number of benzene rings is 2. The Kier molecular flexibility index (Phi) is 5.84. The van der Waals surface area contributed by atoms with E-state index in [1.165, 1.54) is 29.5 Å². The lowest BCUT2D eigenvalue weighted by Crippen LogP contribution is -2.49. The predicted molar refractivity (Wildman–Crippen MR) is 112 cm³/mol. The van der Waals surface area contributed by atoms with Gasteiger partial charge in [0, 0.05) is 36.3 Å². The molecule has 0 aromatic heterocycles. The summed E-state index contributed by atoms with van der Waals surface area (Å²) in [5.41, 5.74) is 4.93. The van der Waals surface area contributed by atoms with E-state index in [2.05, 4.69) is 53.7 Å². The summed E-state index contributed by atoms with van der Waals surface area (Å²) in [5, 5.41) is 0.